The van der Waals surface area contributed by atoms with Crippen molar-refractivity contribution in [2.45, 2.75) is 165 Å². The summed E-state index contributed by atoms with van der Waals surface area (Å²) in [6.07, 6.45) is 11.9. The maximum absolute atomic E-state index is 11.7. The summed E-state index contributed by atoms with van der Waals surface area (Å²) in [6.45, 7) is 23.8. The number of furan rings is 1. The topological polar surface area (TPSA) is 184 Å². The zero-order valence-corrected chi connectivity index (χ0v) is 41.5. The van der Waals surface area contributed by atoms with Crippen molar-refractivity contribution in [2.24, 2.45) is 29.6 Å². The average Bonchev–Trinajstić information content (AvgIpc) is 3.77. The van der Waals surface area contributed by atoms with Gasteiger partial charge in [-0.3, -0.25) is 0 Å². The highest BCUT2D eigenvalue weighted by atomic mass is 32.2. The monoisotopic (exact) mass is 914 g/mol. The van der Waals surface area contributed by atoms with Crippen molar-refractivity contribution < 1.29 is 46.5 Å². The van der Waals surface area contributed by atoms with Crippen molar-refractivity contribution in [1.29, 1.82) is 0 Å². The summed E-state index contributed by atoms with van der Waals surface area (Å²) >= 11 is 0. The molecule has 0 aliphatic heterocycles. The third kappa shape index (κ3) is 41.5. The lowest BCUT2D eigenvalue weighted by Gasteiger charge is -2.11. The van der Waals surface area contributed by atoms with E-state index in [-0.39, 0.29) is 35.2 Å². The van der Waals surface area contributed by atoms with E-state index in [1.54, 1.807) is 26.0 Å². The molecule has 1 fully saturated rings. The van der Waals surface area contributed by atoms with E-state index >= 15 is 0 Å². The minimum Gasteiger partial charge on any atom is -0.468 e. The minimum atomic E-state index is -2.99. The largest absolute Gasteiger partial charge is 0.468 e. The van der Waals surface area contributed by atoms with Crippen LogP contribution in [0.4, 0.5) is 0 Å². The lowest BCUT2D eigenvalue weighted by atomic mass is 10.1. The molecule has 1 aliphatic carbocycles. The quantitative estimate of drug-likeness (QED) is 0.129. The molecule has 0 amide bonds. The molecule has 1 aromatic heterocycles. The van der Waals surface area contributed by atoms with Crippen molar-refractivity contribution in [3.05, 3.63) is 24.2 Å². The number of sulfone groups is 5. The number of hydrogen-bond acceptors (Lipinski definition) is 11. The Kier molecular flexibility index (Phi) is 34.0. The third-order valence-corrected chi connectivity index (χ3v) is 17.0. The summed E-state index contributed by atoms with van der Waals surface area (Å²) in [4.78, 5) is 0. The molecule has 1 heterocycles. The normalized spacial score (nSPS) is 14.4. The Balaban J connectivity index is -0.000000310. The highest BCUT2D eigenvalue weighted by molar-refractivity contribution is 7.92. The number of hydrogen-bond donors (Lipinski definition) is 0. The zero-order chi connectivity index (χ0) is 44.6. The van der Waals surface area contributed by atoms with E-state index in [0.29, 0.717) is 59.0 Å². The van der Waals surface area contributed by atoms with Crippen LogP contribution in [0.3, 0.4) is 0 Å². The second-order valence-electron chi connectivity index (χ2n) is 17.3. The first-order valence-corrected chi connectivity index (χ1v) is 29.6. The van der Waals surface area contributed by atoms with Crippen LogP contribution in [-0.2, 0) is 54.9 Å². The summed E-state index contributed by atoms with van der Waals surface area (Å²) in [5, 5.41) is -0.196. The van der Waals surface area contributed by atoms with Gasteiger partial charge in [-0.25, -0.2) is 42.1 Å². The van der Waals surface area contributed by atoms with Crippen LogP contribution in [0.1, 0.15) is 154 Å². The van der Waals surface area contributed by atoms with Gasteiger partial charge in [0, 0.05) is 18.3 Å². The molecule has 2 rings (SSSR count). The molecule has 0 radical (unpaired) electrons. The average molecular weight is 915 g/mol. The molecule has 0 N–H and O–H groups in total. The molecule has 0 saturated heterocycles. The summed E-state index contributed by atoms with van der Waals surface area (Å²) in [7, 11) is -14.0. The standard InChI is InChI=1S/C10H16O3S.C10H20O2S.2C7H16O2S.C6H14O2S.CH4/c1-9(2)5-7-14(11,12)8-10-4-3-6-13-10;1-9(2)7-8-13(11,12)10-5-3-4-6-10;1-6(2)5-7(3)10(4,8)9;1-4-10(8,9)6-5-7(2)3;1-6(2)4-5-9(3,7)8;/h3-4,6,9H,5,7-8H2,1-2H3;9-10H,3-8H2,1-2H3;6-7H,5H2,1-4H3;7H,4-6H2,1-3H3;6H,4-5H2,1-3H3;1H4. The molecular formula is C41H86O11S5. The predicted octanol–water partition coefficient (Wildman–Crippen LogP) is 9.28. The zero-order valence-electron chi connectivity index (χ0n) is 37.4. The Hall–Kier alpha value is -0.970. The molecule has 1 aromatic rings. The van der Waals surface area contributed by atoms with Crippen LogP contribution in [0.15, 0.2) is 22.8 Å². The Morgan fingerprint density at radius 1 is 0.596 bits per heavy atom. The van der Waals surface area contributed by atoms with Gasteiger partial charge in [-0.1, -0.05) is 96.4 Å². The second kappa shape index (κ2) is 31.0. The Morgan fingerprint density at radius 3 is 1.30 bits per heavy atom. The first kappa shape index (κ1) is 62.7. The van der Waals surface area contributed by atoms with Gasteiger partial charge in [-0.15, -0.1) is 0 Å². The van der Waals surface area contributed by atoms with E-state index in [0.717, 1.165) is 51.4 Å². The molecule has 11 nitrogen and oxygen atoms in total. The molecule has 0 aromatic carbocycles. The highest BCUT2D eigenvalue weighted by Gasteiger charge is 2.28. The van der Waals surface area contributed by atoms with Gasteiger partial charge < -0.3 is 4.42 Å². The van der Waals surface area contributed by atoms with Crippen LogP contribution in [0.5, 0.6) is 0 Å². The van der Waals surface area contributed by atoms with Gasteiger partial charge in [0.25, 0.3) is 0 Å². The molecule has 1 atom stereocenters. The van der Waals surface area contributed by atoms with E-state index in [1.807, 2.05) is 55.4 Å². The molecule has 1 unspecified atom stereocenters. The fraction of sp³-hybridized carbons (Fsp3) is 0.902. The van der Waals surface area contributed by atoms with Gasteiger partial charge in [0.05, 0.1) is 39.8 Å². The van der Waals surface area contributed by atoms with E-state index in [1.165, 1.54) is 18.8 Å². The van der Waals surface area contributed by atoms with Gasteiger partial charge in [0.15, 0.2) is 19.7 Å². The molecule has 1 aliphatic rings. The fourth-order valence-electron chi connectivity index (χ4n) is 4.76. The lowest BCUT2D eigenvalue weighted by Crippen LogP contribution is -2.21. The lowest BCUT2D eigenvalue weighted by molar-refractivity contribution is 0.518. The molecule has 1 saturated carbocycles. The van der Waals surface area contributed by atoms with E-state index in [2.05, 4.69) is 13.8 Å². The Labute approximate surface area is 353 Å². The van der Waals surface area contributed by atoms with Crippen molar-refractivity contribution >= 4 is 49.2 Å². The second-order valence-corrected chi connectivity index (χ2v) is 29.1. The molecule has 0 bridgehead atoms. The van der Waals surface area contributed by atoms with Crippen LogP contribution in [0.2, 0.25) is 0 Å². The summed E-state index contributed by atoms with van der Waals surface area (Å²) in [6, 6.07) is 3.39. The first-order valence-electron chi connectivity index (χ1n) is 20.3. The van der Waals surface area contributed by atoms with E-state index < -0.39 is 49.2 Å². The smallest absolute Gasteiger partial charge is 0.157 e. The van der Waals surface area contributed by atoms with Crippen LogP contribution in [0, 0.1) is 29.6 Å². The summed E-state index contributed by atoms with van der Waals surface area (Å²) in [5.74, 6) is 4.48. The van der Waals surface area contributed by atoms with Crippen LogP contribution in [0.25, 0.3) is 0 Å². The Bertz CT molecular complexity index is 1660. The van der Waals surface area contributed by atoms with Gasteiger partial charge in [-0.05, 0) is 93.6 Å². The summed E-state index contributed by atoms with van der Waals surface area (Å²) < 4.78 is 116. The van der Waals surface area contributed by atoms with Crippen LogP contribution >= 0.6 is 0 Å². The molecule has 57 heavy (non-hydrogen) atoms. The molecule has 16 heteroatoms. The van der Waals surface area contributed by atoms with Crippen molar-refractivity contribution in [3.63, 3.8) is 0 Å². The van der Waals surface area contributed by atoms with Crippen molar-refractivity contribution in [1.82, 2.24) is 0 Å². The van der Waals surface area contributed by atoms with Gasteiger partial charge in [-0.2, -0.15) is 0 Å². The van der Waals surface area contributed by atoms with Crippen LogP contribution in [-0.4, -0.2) is 93.9 Å². The van der Waals surface area contributed by atoms with E-state index in [4.69, 9.17) is 4.42 Å². The maximum atomic E-state index is 11.7. The SMILES string of the molecule is C.CC(C)CC(C)S(C)(=O)=O.CC(C)CCS(=O)(=O)C1CCCC1.CC(C)CCS(=O)(=O)Cc1ccco1.CC(C)CCS(C)(=O)=O.CCS(=O)(=O)CCC(C)C. The molecule has 0 spiro atoms. The summed E-state index contributed by atoms with van der Waals surface area (Å²) in [5.41, 5.74) is 0. The number of rotatable bonds is 19. The van der Waals surface area contributed by atoms with Crippen molar-refractivity contribution in [3.8, 4) is 0 Å². The van der Waals surface area contributed by atoms with Gasteiger partial charge in [0.1, 0.15) is 41.0 Å². The third-order valence-electron chi connectivity index (χ3n) is 8.78. The fourth-order valence-corrected chi connectivity index (χ4v) is 11.3. The van der Waals surface area contributed by atoms with Crippen molar-refractivity contribution in [2.75, 3.05) is 41.3 Å². The Morgan fingerprint density at radius 2 is 1.00 bits per heavy atom. The molecule has 346 valence electrons. The van der Waals surface area contributed by atoms with Gasteiger partial charge >= 0.3 is 0 Å². The molecular weight excluding hydrogens is 829 g/mol. The first-order chi connectivity index (χ1) is 25.2. The van der Waals surface area contributed by atoms with E-state index in [9.17, 15) is 42.1 Å². The highest BCUT2D eigenvalue weighted by Crippen LogP contribution is 2.26. The minimum absolute atomic E-state index is 0. The van der Waals surface area contributed by atoms with Crippen LogP contribution < -0.4 is 0 Å². The maximum Gasteiger partial charge on any atom is 0.157 e. The predicted molar refractivity (Wildman–Crippen MR) is 245 cm³/mol. The van der Waals surface area contributed by atoms with Gasteiger partial charge in [0.2, 0.25) is 0 Å².